The molecule has 0 radical (unpaired) electrons. The molecule has 2 heterocycles. The van der Waals surface area contributed by atoms with Gasteiger partial charge in [-0.1, -0.05) is 49.2 Å². The van der Waals surface area contributed by atoms with Crippen molar-refractivity contribution in [3.8, 4) is 17.2 Å². The molecule has 1 atom stereocenters. The molecular weight excluding hydrogens is 560 g/mol. The van der Waals surface area contributed by atoms with Gasteiger partial charge < -0.3 is 24.4 Å². The number of fused-ring (bicyclic) bond motifs is 1. The number of imide groups is 1. The average Bonchev–Trinajstić information content (AvgIpc) is 3.58. The lowest BCUT2D eigenvalue weighted by molar-refractivity contribution is -0.124. The highest BCUT2D eigenvalue weighted by molar-refractivity contribution is 8.14. The first-order valence-corrected chi connectivity index (χ1v) is 15.4. The number of ether oxygens (including phenoxy) is 3. The van der Waals surface area contributed by atoms with Gasteiger partial charge in [0.1, 0.15) is 12.4 Å². The van der Waals surface area contributed by atoms with Crippen LogP contribution in [0.4, 0.5) is 9.59 Å². The van der Waals surface area contributed by atoms with E-state index in [1.807, 2.05) is 6.07 Å². The lowest BCUT2D eigenvalue weighted by atomic mass is 9.88. The first kappa shape index (κ1) is 31.5. The molecule has 2 aromatic carbocycles. The Labute approximate surface area is 250 Å². The number of benzene rings is 2. The van der Waals surface area contributed by atoms with E-state index in [2.05, 4.69) is 42.2 Å². The van der Waals surface area contributed by atoms with E-state index in [0.29, 0.717) is 11.5 Å². The van der Waals surface area contributed by atoms with E-state index in [-0.39, 0.29) is 36.1 Å². The van der Waals surface area contributed by atoms with Crippen LogP contribution in [0.25, 0.3) is 0 Å². The van der Waals surface area contributed by atoms with E-state index in [0.717, 1.165) is 49.5 Å². The second kappa shape index (κ2) is 15.2. The molecule has 1 aliphatic carbocycles. The molecule has 0 bridgehead atoms. The predicted octanol–water partition coefficient (Wildman–Crippen LogP) is 6.07. The first-order valence-electron chi connectivity index (χ1n) is 14.4. The molecule has 2 fully saturated rings. The van der Waals surface area contributed by atoms with Crippen molar-refractivity contribution < 1.29 is 38.8 Å². The summed E-state index contributed by atoms with van der Waals surface area (Å²) in [5.41, 5.74) is 3.81. The first-order chi connectivity index (χ1) is 20.2. The number of methoxy groups -OCH3 is 1. The molecule has 2 aliphatic heterocycles. The number of thioether (sulfide) groups is 1. The third-order valence-electron chi connectivity index (χ3n) is 7.99. The van der Waals surface area contributed by atoms with Crippen LogP contribution in [0.2, 0.25) is 0 Å². The zero-order chi connectivity index (χ0) is 30.1. The van der Waals surface area contributed by atoms with Crippen LogP contribution in [-0.2, 0) is 17.8 Å². The number of carbonyl (C=O) groups is 3. The Morgan fingerprint density at radius 3 is 2.57 bits per heavy atom. The molecule has 0 aromatic heterocycles. The van der Waals surface area contributed by atoms with Gasteiger partial charge in [0, 0.05) is 25.6 Å². The maximum absolute atomic E-state index is 11.8. The van der Waals surface area contributed by atoms with Crippen molar-refractivity contribution in [1.82, 2.24) is 9.80 Å². The summed E-state index contributed by atoms with van der Waals surface area (Å²) in [7, 11) is 1.64. The summed E-state index contributed by atoms with van der Waals surface area (Å²) in [6.45, 7) is 5.46. The van der Waals surface area contributed by atoms with Gasteiger partial charge in [-0.3, -0.25) is 19.4 Å². The minimum Gasteiger partial charge on any atom is -0.493 e. The minimum absolute atomic E-state index is 0.158. The summed E-state index contributed by atoms with van der Waals surface area (Å²) < 4.78 is 17.3. The smallest absolute Gasteiger partial charge is 0.493 e. The summed E-state index contributed by atoms with van der Waals surface area (Å²) in [6, 6.07) is 13.0. The largest absolute Gasteiger partial charge is 0.503 e. The molecule has 1 unspecified atom stereocenters. The second-order valence-corrected chi connectivity index (χ2v) is 11.7. The van der Waals surface area contributed by atoms with E-state index >= 15 is 0 Å². The highest BCUT2D eigenvalue weighted by Crippen LogP contribution is 2.35. The van der Waals surface area contributed by atoms with Crippen molar-refractivity contribution in [3.63, 3.8) is 0 Å². The second-order valence-electron chi connectivity index (χ2n) is 10.8. The zero-order valence-electron chi connectivity index (χ0n) is 24.3. The summed E-state index contributed by atoms with van der Waals surface area (Å²) in [5.74, 6) is 3.09. The lowest BCUT2D eigenvalue weighted by Crippen LogP contribution is -2.33. The third kappa shape index (κ3) is 8.54. The average molecular weight is 601 g/mol. The van der Waals surface area contributed by atoms with Gasteiger partial charge in [0.25, 0.3) is 5.24 Å². The Morgan fingerprint density at radius 2 is 1.88 bits per heavy atom. The third-order valence-corrected chi connectivity index (χ3v) is 8.85. The van der Waals surface area contributed by atoms with Gasteiger partial charge in [-0.15, -0.1) is 0 Å². The number of rotatable bonds is 11. The van der Waals surface area contributed by atoms with E-state index < -0.39 is 6.16 Å². The van der Waals surface area contributed by atoms with Crippen LogP contribution in [-0.4, -0.2) is 76.5 Å². The fourth-order valence-electron chi connectivity index (χ4n) is 5.75. The standard InChI is InChI=1S/C30H38N2O5S.CH2O3/c1-21(24-9-11-26-25(17-24)12-14-36-26)31(18-22-6-4-3-5-7-22)19-23-8-10-27(28(16-23)35-2)37-15-13-32-29(33)20-38-30(32)34;2-1(3)4/h8-11,16-17,21-22H,3-7,12-15,18-20H2,1-2H3;(H2,2,3,4). The van der Waals surface area contributed by atoms with Gasteiger partial charge in [-0.05, 0) is 60.6 Å². The Bertz CT molecular complexity index is 1230. The van der Waals surface area contributed by atoms with Crippen molar-refractivity contribution in [2.24, 2.45) is 5.92 Å². The van der Waals surface area contributed by atoms with Gasteiger partial charge in [0.2, 0.25) is 5.91 Å². The fraction of sp³-hybridized carbons (Fsp3) is 0.516. The minimum atomic E-state index is -1.83. The SMILES string of the molecule is COc1cc(CN(CC2CCCCC2)C(C)c2ccc3c(c2)CCO3)ccc1OCCN1C(=O)CSC1=O.O=C(O)O. The van der Waals surface area contributed by atoms with Gasteiger partial charge in [0.15, 0.2) is 11.5 Å². The number of hydrogen-bond acceptors (Lipinski definition) is 8. The molecule has 11 heteroatoms. The fourth-order valence-corrected chi connectivity index (χ4v) is 6.50. The number of amides is 2. The van der Waals surface area contributed by atoms with Crippen LogP contribution in [0.15, 0.2) is 36.4 Å². The Hall–Kier alpha value is -3.44. The van der Waals surface area contributed by atoms with Crippen LogP contribution in [0.5, 0.6) is 17.2 Å². The molecule has 1 saturated carbocycles. The molecule has 2 aromatic rings. The number of hydrogen-bond donors (Lipinski definition) is 2. The number of carbonyl (C=O) groups excluding carboxylic acids is 2. The van der Waals surface area contributed by atoms with Crippen molar-refractivity contribution in [1.29, 1.82) is 0 Å². The molecule has 5 rings (SSSR count). The number of nitrogens with zero attached hydrogens (tertiary/aromatic N) is 2. The maximum Gasteiger partial charge on any atom is 0.503 e. The predicted molar refractivity (Wildman–Crippen MR) is 160 cm³/mol. The molecule has 2 N–H and O–H groups in total. The van der Waals surface area contributed by atoms with Crippen LogP contribution in [0.1, 0.15) is 61.8 Å². The molecule has 0 spiro atoms. The van der Waals surface area contributed by atoms with Gasteiger partial charge in [0.05, 0.1) is 26.0 Å². The van der Waals surface area contributed by atoms with Gasteiger partial charge in [-0.2, -0.15) is 0 Å². The zero-order valence-corrected chi connectivity index (χ0v) is 25.1. The molecular formula is C31H40N2O8S. The van der Waals surface area contributed by atoms with Crippen LogP contribution >= 0.6 is 11.8 Å². The Morgan fingerprint density at radius 1 is 1.12 bits per heavy atom. The summed E-state index contributed by atoms with van der Waals surface area (Å²) in [5, 5.41) is 13.7. The van der Waals surface area contributed by atoms with Crippen LogP contribution in [0.3, 0.4) is 0 Å². The topological polar surface area (TPSA) is 126 Å². The van der Waals surface area contributed by atoms with Crippen molar-refractivity contribution in [2.75, 3.05) is 39.2 Å². The highest BCUT2D eigenvalue weighted by Gasteiger charge is 2.29. The van der Waals surface area contributed by atoms with E-state index in [1.54, 1.807) is 7.11 Å². The summed E-state index contributed by atoms with van der Waals surface area (Å²) in [6.07, 6.45) is 5.77. The van der Waals surface area contributed by atoms with Crippen molar-refractivity contribution >= 4 is 29.1 Å². The van der Waals surface area contributed by atoms with E-state index in [9.17, 15) is 9.59 Å². The lowest BCUT2D eigenvalue weighted by Gasteiger charge is -2.34. The molecule has 2 amide bonds. The number of carboxylic acid groups (broad SMARTS) is 2. The van der Waals surface area contributed by atoms with Crippen molar-refractivity contribution in [3.05, 3.63) is 53.1 Å². The Kier molecular flexibility index (Phi) is 11.4. The van der Waals surface area contributed by atoms with Gasteiger partial charge >= 0.3 is 6.16 Å². The quantitative estimate of drug-likeness (QED) is 0.314. The Balaban J connectivity index is 0.000000952. The monoisotopic (exact) mass is 600 g/mol. The molecule has 228 valence electrons. The molecule has 3 aliphatic rings. The van der Waals surface area contributed by atoms with Crippen molar-refractivity contribution in [2.45, 2.75) is 58.0 Å². The van der Waals surface area contributed by atoms with Crippen LogP contribution in [0, 0.1) is 5.92 Å². The summed E-state index contributed by atoms with van der Waals surface area (Å²) in [4.78, 5) is 36.1. The molecule has 1 saturated heterocycles. The maximum atomic E-state index is 11.8. The van der Waals surface area contributed by atoms with Crippen LogP contribution < -0.4 is 14.2 Å². The van der Waals surface area contributed by atoms with E-state index in [1.165, 1.54) is 53.7 Å². The molecule has 10 nitrogen and oxygen atoms in total. The highest BCUT2D eigenvalue weighted by atomic mass is 32.2. The van der Waals surface area contributed by atoms with E-state index in [4.69, 9.17) is 29.2 Å². The van der Waals surface area contributed by atoms with Gasteiger partial charge in [-0.25, -0.2) is 4.79 Å². The summed E-state index contributed by atoms with van der Waals surface area (Å²) >= 11 is 1.04. The normalized spacial score (nSPS) is 17.4. The molecule has 42 heavy (non-hydrogen) atoms.